The zero-order valence-electron chi connectivity index (χ0n) is 16.9. The van der Waals surface area contributed by atoms with Crippen LogP contribution in [0.4, 0.5) is 0 Å². The molecule has 0 aliphatic carbocycles. The Balaban J connectivity index is 2.03. The van der Waals surface area contributed by atoms with Crippen LogP contribution >= 0.6 is 0 Å². The van der Waals surface area contributed by atoms with Crippen LogP contribution < -0.4 is 10.2 Å². The average Bonchev–Trinajstić information content (AvgIpc) is 2.71. The maximum atomic E-state index is 11.8. The van der Waals surface area contributed by atoms with Gasteiger partial charge in [0.1, 0.15) is 5.75 Å². The van der Waals surface area contributed by atoms with E-state index in [1.54, 1.807) is 0 Å². The molecule has 1 atom stereocenters. The first-order chi connectivity index (χ1) is 13.7. The Kier molecular flexibility index (Phi) is 10.4. The highest BCUT2D eigenvalue weighted by atomic mass is 16.7. The van der Waals surface area contributed by atoms with Crippen molar-refractivity contribution in [3.05, 3.63) is 30.3 Å². The molecule has 1 aromatic rings. The number of para-hydroxylation sites is 1. The van der Waals surface area contributed by atoms with E-state index in [-0.39, 0.29) is 5.97 Å². The van der Waals surface area contributed by atoms with E-state index in [1.807, 2.05) is 35.4 Å². The van der Waals surface area contributed by atoms with Crippen molar-refractivity contribution >= 4 is 5.97 Å². The minimum absolute atomic E-state index is 0.194. The van der Waals surface area contributed by atoms with Crippen LogP contribution in [0.25, 0.3) is 0 Å². The number of nitrogens with one attached hydrogen (secondary N) is 1. The van der Waals surface area contributed by atoms with Crippen LogP contribution in [0.5, 0.6) is 5.75 Å². The predicted octanol–water partition coefficient (Wildman–Crippen LogP) is 2.17. The van der Waals surface area contributed by atoms with Crippen LogP contribution in [-0.4, -0.2) is 68.9 Å². The van der Waals surface area contributed by atoms with Gasteiger partial charge in [0.25, 0.3) is 0 Å². The number of ether oxygens (including phenoxy) is 1. The number of nitrogens with zero attached hydrogens (tertiary/aromatic N) is 2. The molecule has 0 radical (unpaired) electrons. The van der Waals surface area contributed by atoms with Crippen molar-refractivity contribution in [3.8, 4) is 18.1 Å². The van der Waals surface area contributed by atoms with Gasteiger partial charge >= 0.3 is 5.97 Å². The Morgan fingerprint density at radius 2 is 2.00 bits per heavy atom. The third-order valence-corrected chi connectivity index (χ3v) is 4.86. The summed E-state index contributed by atoms with van der Waals surface area (Å²) < 4.78 is 4.87. The van der Waals surface area contributed by atoms with Crippen molar-refractivity contribution in [2.75, 3.05) is 52.9 Å². The molecular weight excluding hydrogens is 354 g/mol. The molecule has 6 nitrogen and oxygen atoms in total. The van der Waals surface area contributed by atoms with Crippen LogP contribution in [0.3, 0.4) is 0 Å². The SMILES string of the molecule is C#CCCCCC1CN(CC(=O)OC)CCNCCN(Oc2ccccc2)C1. The predicted molar refractivity (Wildman–Crippen MR) is 111 cm³/mol. The van der Waals surface area contributed by atoms with Crippen LogP contribution in [0, 0.1) is 18.3 Å². The number of methoxy groups -OCH3 is 1. The number of hydrogen-bond acceptors (Lipinski definition) is 6. The van der Waals surface area contributed by atoms with Crippen molar-refractivity contribution < 1.29 is 14.4 Å². The minimum atomic E-state index is -0.194. The van der Waals surface area contributed by atoms with E-state index < -0.39 is 0 Å². The second-order valence-electron chi connectivity index (χ2n) is 7.17. The van der Waals surface area contributed by atoms with Gasteiger partial charge in [0.2, 0.25) is 0 Å². The standard InChI is InChI=1S/C22H33N3O3/c1-3-4-5-7-10-20-17-24(19-22(26)27-2)15-13-23-14-16-25(18-20)28-21-11-8-6-9-12-21/h1,6,8-9,11-12,20,23H,4-5,7,10,13-19H2,2H3. The highest BCUT2D eigenvalue weighted by Crippen LogP contribution is 2.17. The number of carbonyl (C=O) groups is 1. The zero-order valence-corrected chi connectivity index (χ0v) is 16.9. The van der Waals surface area contributed by atoms with Gasteiger partial charge in [-0.1, -0.05) is 24.6 Å². The van der Waals surface area contributed by atoms with E-state index in [1.165, 1.54) is 7.11 Å². The van der Waals surface area contributed by atoms with Crippen molar-refractivity contribution in [2.45, 2.75) is 25.7 Å². The second-order valence-corrected chi connectivity index (χ2v) is 7.17. The van der Waals surface area contributed by atoms with E-state index >= 15 is 0 Å². The molecule has 0 amide bonds. The number of terminal acetylenes is 1. The van der Waals surface area contributed by atoms with E-state index in [4.69, 9.17) is 16.0 Å². The quantitative estimate of drug-likeness (QED) is 0.419. The number of carbonyl (C=O) groups excluding carboxylic acids is 1. The highest BCUT2D eigenvalue weighted by Gasteiger charge is 2.22. The molecule has 1 heterocycles. The molecule has 1 fully saturated rings. The maximum Gasteiger partial charge on any atom is 0.319 e. The first-order valence-corrected chi connectivity index (χ1v) is 10.1. The van der Waals surface area contributed by atoms with Gasteiger partial charge < -0.3 is 14.9 Å². The fourth-order valence-electron chi connectivity index (χ4n) is 3.41. The molecule has 1 aliphatic heterocycles. The maximum absolute atomic E-state index is 11.8. The molecular formula is C22H33N3O3. The van der Waals surface area contributed by atoms with Crippen molar-refractivity contribution in [2.24, 2.45) is 5.92 Å². The molecule has 154 valence electrons. The first kappa shape index (κ1) is 22.2. The van der Waals surface area contributed by atoms with Crippen LogP contribution in [-0.2, 0) is 9.53 Å². The fourth-order valence-corrected chi connectivity index (χ4v) is 3.41. The molecule has 1 unspecified atom stereocenters. The smallest absolute Gasteiger partial charge is 0.319 e. The van der Waals surface area contributed by atoms with E-state index in [0.29, 0.717) is 12.5 Å². The topological polar surface area (TPSA) is 54.0 Å². The summed E-state index contributed by atoms with van der Waals surface area (Å²) in [6.45, 7) is 5.27. The van der Waals surface area contributed by atoms with Gasteiger partial charge in [-0.2, -0.15) is 0 Å². The Hall–Kier alpha value is -2.07. The van der Waals surface area contributed by atoms with Crippen LogP contribution in [0.2, 0.25) is 0 Å². The van der Waals surface area contributed by atoms with Crippen molar-refractivity contribution in [1.29, 1.82) is 0 Å². The van der Waals surface area contributed by atoms with Gasteiger partial charge in [-0.25, -0.2) is 0 Å². The number of hydroxylamine groups is 2. The Labute approximate surface area is 169 Å². The van der Waals surface area contributed by atoms with Gasteiger partial charge in [-0.05, 0) is 30.9 Å². The number of benzene rings is 1. The number of esters is 1. The molecule has 0 bridgehead atoms. The number of rotatable bonds is 8. The molecule has 6 heteroatoms. The fraction of sp³-hybridized carbons (Fsp3) is 0.591. The van der Waals surface area contributed by atoms with Gasteiger partial charge in [0.15, 0.2) is 0 Å². The normalized spacial score (nSPS) is 19.5. The lowest BCUT2D eigenvalue weighted by molar-refractivity contribution is -0.142. The zero-order chi connectivity index (χ0) is 20.0. The first-order valence-electron chi connectivity index (χ1n) is 10.1. The van der Waals surface area contributed by atoms with Crippen LogP contribution in [0.1, 0.15) is 25.7 Å². The largest absolute Gasteiger partial charge is 0.468 e. The summed E-state index contributed by atoms with van der Waals surface area (Å²) in [5.41, 5.74) is 0. The minimum Gasteiger partial charge on any atom is -0.468 e. The Bertz CT molecular complexity index is 603. The molecule has 1 N–H and O–H groups in total. The lowest BCUT2D eigenvalue weighted by Gasteiger charge is -2.32. The van der Waals surface area contributed by atoms with Crippen molar-refractivity contribution in [1.82, 2.24) is 15.3 Å². The monoisotopic (exact) mass is 387 g/mol. The third-order valence-electron chi connectivity index (χ3n) is 4.86. The number of hydrogen-bond donors (Lipinski definition) is 1. The van der Waals surface area contributed by atoms with E-state index in [0.717, 1.165) is 70.7 Å². The molecule has 0 saturated carbocycles. The van der Waals surface area contributed by atoms with E-state index in [2.05, 4.69) is 16.1 Å². The summed E-state index contributed by atoms with van der Waals surface area (Å²) in [4.78, 5) is 20.1. The second kappa shape index (κ2) is 13.2. The summed E-state index contributed by atoms with van der Waals surface area (Å²) in [6.07, 6.45) is 9.37. The lowest BCUT2D eigenvalue weighted by atomic mass is 10.00. The third kappa shape index (κ3) is 8.75. The molecule has 1 aliphatic rings. The van der Waals surface area contributed by atoms with Crippen LogP contribution in [0.15, 0.2) is 30.3 Å². The molecule has 1 saturated heterocycles. The van der Waals surface area contributed by atoms with Gasteiger partial charge in [0.05, 0.1) is 13.7 Å². The Morgan fingerprint density at radius 3 is 2.75 bits per heavy atom. The van der Waals surface area contributed by atoms with Crippen molar-refractivity contribution in [3.63, 3.8) is 0 Å². The summed E-state index contributed by atoms with van der Waals surface area (Å²) in [5, 5.41) is 5.47. The summed E-state index contributed by atoms with van der Waals surface area (Å²) >= 11 is 0. The van der Waals surface area contributed by atoms with E-state index in [9.17, 15) is 4.79 Å². The highest BCUT2D eigenvalue weighted by molar-refractivity contribution is 5.71. The lowest BCUT2D eigenvalue weighted by Crippen LogP contribution is -2.46. The molecule has 1 aromatic carbocycles. The number of unbranched alkanes of at least 4 members (excludes halogenated alkanes) is 2. The Morgan fingerprint density at radius 1 is 1.21 bits per heavy atom. The summed E-state index contributed by atoms with van der Waals surface area (Å²) in [6, 6.07) is 9.88. The molecule has 2 rings (SSSR count). The molecule has 28 heavy (non-hydrogen) atoms. The van der Waals surface area contributed by atoms with Gasteiger partial charge in [-0.15, -0.1) is 17.4 Å². The van der Waals surface area contributed by atoms with Gasteiger partial charge in [0, 0.05) is 45.7 Å². The molecule has 0 spiro atoms. The summed E-state index contributed by atoms with van der Waals surface area (Å²) in [7, 11) is 1.44. The summed E-state index contributed by atoms with van der Waals surface area (Å²) in [5.74, 6) is 3.76. The molecule has 0 aromatic heterocycles. The average molecular weight is 388 g/mol. The van der Waals surface area contributed by atoms with Gasteiger partial charge in [-0.3, -0.25) is 9.69 Å².